The Morgan fingerprint density at radius 1 is 1.21 bits per heavy atom. The second kappa shape index (κ2) is 8.90. The predicted molar refractivity (Wildman–Crippen MR) is 127 cm³/mol. The average molecular weight is 467 g/mol. The van der Waals surface area contributed by atoms with Gasteiger partial charge in [-0.1, -0.05) is 36.0 Å². The van der Waals surface area contributed by atoms with E-state index < -0.39 is 10.8 Å². The van der Waals surface area contributed by atoms with Gasteiger partial charge in [0.15, 0.2) is 6.61 Å². The van der Waals surface area contributed by atoms with E-state index in [1.54, 1.807) is 31.7 Å². The van der Waals surface area contributed by atoms with Gasteiger partial charge in [-0.05, 0) is 63.9 Å². The maximum Gasteiger partial charge on any atom is 0.277 e. The first-order valence-electron chi connectivity index (χ1n) is 10.6. The molecule has 0 saturated carbocycles. The molecule has 9 heteroatoms. The van der Waals surface area contributed by atoms with Crippen molar-refractivity contribution in [3.8, 4) is 5.75 Å². The number of hydrogen-bond donors (Lipinski definition) is 1. The molecule has 2 amide bonds. The number of rotatable bonds is 6. The molecule has 0 saturated heterocycles. The molecule has 1 unspecified atom stereocenters. The lowest BCUT2D eigenvalue weighted by molar-refractivity contribution is -0.126. The van der Waals surface area contributed by atoms with Crippen LogP contribution in [-0.2, 0) is 16.2 Å². The minimum atomic E-state index is -1.04. The summed E-state index contributed by atoms with van der Waals surface area (Å²) in [6.45, 7) is 9.31. The van der Waals surface area contributed by atoms with Crippen LogP contribution < -0.4 is 15.0 Å². The average Bonchev–Trinajstić information content (AvgIpc) is 3.22. The highest BCUT2D eigenvalue weighted by Crippen LogP contribution is 2.38. The molecular formula is C24H26N4O4S. The zero-order chi connectivity index (χ0) is 23.8. The fourth-order valence-electron chi connectivity index (χ4n) is 3.58. The number of nitrogens with zero attached hydrogens (tertiary/aromatic N) is 3. The van der Waals surface area contributed by atoms with Crippen LogP contribution >= 0.6 is 11.8 Å². The van der Waals surface area contributed by atoms with E-state index in [9.17, 15) is 9.59 Å². The van der Waals surface area contributed by atoms with Crippen molar-refractivity contribution in [2.24, 2.45) is 0 Å². The van der Waals surface area contributed by atoms with Crippen LogP contribution in [0.25, 0.3) is 0 Å². The topological polar surface area (TPSA) is 97.6 Å². The summed E-state index contributed by atoms with van der Waals surface area (Å²) < 4.78 is 11.5. The monoisotopic (exact) mass is 466 g/mol. The van der Waals surface area contributed by atoms with Crippen molar-refractivity contribution in [2.45, 2.75) is 57.2 Å². The maximum atomic E-state index is 13.4. The number of amides is 2. The lowest BCUT2D eigenvalue weighted by atomic mass is 9.96. The van der Waals surface area contributed by atoms with Crippen molar-refractivity contribution in [2.75, 3.05) is 10.2 Å². The molecule has 2 aromatic carbocycles. The maximum absolute atomic E-state index is 13.4. The number of aryl methyl sites for hydroxylation is 2. The van der Waals surface area contributed by atoms with Gasteiger partial charge in [-0.15, -0.1) is 10.2 Å². The smallest absolute Gasteiger partial charge is 0.277 e. The zero-order valence-electron chi connectivity index (χ0n) is 19.2. The first kappa shape index (κ1) is 22.8. The summed E-state index contributed by atoms with van der Waals surface area (Å²) in [5.41, 5.74) is 2.34. The zero-order valence-corrected chi connectivity index (χ0v) is 20.0. The highest BCUT2D eigenvalue weighted by atomic mass is 32.2. The molecule has 0 fully saturated rings. The number of nitrogens with one attached hydrogen (secondary N) is 1. The number of thioether (sulfide) groups is 1. The number of carbonyl (C=O) groups excluding carboxylic acids is 2. The molecule has 1 atom stereocenters. The van der Waals surface area contributed by atoms with Crippen LogP contribution in [0.1, 0.15) is 37.8 Å². The number of aromatic nitrogens is 2. The summed E-state index contributed by atoms with van der Waals surface area (Å²) in [6, 6.07) is 13.2. The number of ether oxygens (including phenoxy) is 1. The lowest BCUT2D eigenvalue weighted by Gasteiger charge is -2.42. The van der Waals surface area contributed by atoms with E-state index in [-0.39, 0.29) is 23.6 Å². The molecule has 2 heterocycles. The molecule has 3 aromatic rings. The molecule has 0 bridgehead atoms. The van der Waals surface area contributed by atoms with E-state index in [2.05, 4.69) is 15.5 Å². The molecule has 4 rings (SSSR count). The molecule has 1 aliphatic rings. The Labute approximate surface area is 196 Å². The SMILES string of the molecule is Cc1ccc(C)c(OCc2nnc(SC(C)C(=O)N3c4ccccc4NC(=O)C3(C)C)o2)c1. The third-order valence-corrected chi connectivity index (χ3v) is 6.42. The number of anilines is 2. The predicted octanol–water partition coefficient (Wildman–Crippen LogP) is 4.51. The second-order valence-corrected chi connectivity index (χ2v) is 9.78. The minimum Gasteiger partial charge on any atom is -0.484 e. The standard InChI is InChI=1S/C24H26N4O4S/c1-14-10-11-15(2)19(12-14)31-13-20-26-27-23(32-20)33-16(3)21(29)28-18-9-7-6-8-17(18)25-22(30)24(28,4)5/h6-12,16H,13H2,1-5H3,(H,25,30). The van der Waals surface area contributed by atoms with Crippen LogP contribution in [0.2, 0.25) is 0 Å². The highest BCUT2D eigenvalue weighted by Gasteiger charge is 2.45. The Hall–Kier alpha value is -3.33. The molecule has 172 valence electrons. The third kappa shape index (κ3) is 4.59. The summed E-state index contributed by atoms with van der Waals surface area (Å²) in [5, 5.41) is 10.7. The fraction of sp³-hybridized carbons (Fsp3) is 0.333. The van der Waals surface area contributed by atoms with E-state index >= 15 is 0 Å². The summed E-state index contributed by atoms with van der Waals surface area (Å²) in [4.78, 5) is 27.6. The summed E-state index contributed by atoms with van der Waals surface area (Å²) in [7, 11) is 0. The molecule has 1 N–H and O–H groups in total. The van der Waals surface area contributed by atoms with Crippen LogP contribution in [0, 0.1) is 13.8 Å². The van der Waals surface area contributed by atoms with Gasteiger partial charge in [0, 0.05) is 0 Å². The van der Waals surface area contributed by atoms with Crippen molar-refractivity contribution in [1.82, 2.24) is 10.2 Å². The number of hydrogen-bond acceptors (Lipinski definition) is 7. The summed E-state index contributed by atoms with van der Waals surface area (Å²) >= 11 is 1.15. The van der Waals surface area contributed by atoms with Crippen molar-refractivity contribution >= 4 is 35.0 Å². The Bertz CT molecular complexity index is 1210. The Morgan fingerprint density at radius 2 is 1.97 bits per heavy atom. The van der Waals surface area contributed by atoms with Gasteiger partial charge in [-0.25, -0.2) is 0 Å². The van der Waals surface area contributed by atoms with Gasteiger partial charge in [-0.3, -0.25) is 14.5 Å². The number of fused-ring (bicyclic) bond motifs is 1. The van der Waals surface area contributed by atoms with E-state index in [0.29, 0.717) is 17.3 Å². The van der Waals surface area contributed by atoms with Crippen LogP contribution in [-0.4, -0.2) is 32.8 Å². The van der Waals surface area contributed by atoms with Gasteiger partial charge < -0.3 is 14.5 Å². The van der Waals surface area contributed by atoms with Crippen molar-refractivity contribution in [3.63, 3.8) is 0 Å². The third-order valence-electron chi connectivity index (χ3n) is 5.50. The van der Waals surface area contributed by atoms with Gasteiger partial charge in [0.1, 0.15) is 11.3 Å². The summed E-state index contributed by atoms with van der Waals surface area (Å²) in [5.74, 6) is 0.616. The second-order valence-electron chi connectivity index (χ2n) is 8.48. The molecule has 1 aromatic heterocycles. The molecular weight excluding hydrogens is 440 g/mol. The van der Waals surface area contributed by atoms with Crippen molar-refractivity contribution in [1.29, 1.82) is 0 Å². The van der Waals surface area contributed by atoms with Crippen molar-refractivity contribution < 1.29 is 18.7 Å². The van der Waals surface area contributed by atoms with Crippen LogP contribution in [0.4, 0.5) is 11.4 Å². The van der Waals surface area contributed by atoms with Crippen molar-refractivity contribution in [3.05, 3.63) is 59.5 Å². The molecule has 0 spiro atoms. The van der Waals surface area contributed by atoms with Crippen LogP contribution in [0.15, 0.2) is 52.1 Å². The molecule has 8 nitrogen and oxygen atoms in total. The fourth-order valence-corrected chi connectivity index (χ4v) is 4.32. The van der Waals surface area contributed by atoms with Crippen LogP contribution in [0.3, 0.4) is 0 Å². The quantitative estimate of drug-likeness (QED) is 0.534. The Balaban J connectivity index is 1.46. The van der Waals surface area contributed by atoms with Crippen LogP contribution in [0.5, 0.6) is 5.75 Å². The largest absolute Gasteiger partial charge is 0.484 e. The molecule has 0 aliphatic carbocycles. The minimum absolute atomic E-state index is 0.132. The number of carbonyl (C=O) groups is 2. The van der Waals surface area contributed by atoms with Gasteiger partial charge in [-0.2, -0.15) is 0 Å². The van der Waals surface area contributed by atoms with Gasteiger partial charge in [0.25, 0.3) is 11.1 Å². The van der Waals surface area contributed by atoms with E-state index in [1.165, 1.54) is 0 Å². The normalized spacial score (nSPS) is 15.5. The number of para-hydroxylation sites is 2. The van der Waals surface area contributed by atoms with E-state index in [4.69, 9.17) is 9.15 Å². The van der Waals surface area contributed by atoms with Gasteiger partial charge >= 0.3 is 0 Å². The van der Waals surface area contributed by atoms with E-state index in [1.807, 2.05) is 50.2 Å². The van der Waals surface area contributed by atoms with Gasteiger partial charge in [0.05, 0.1) is 16.6 Å². The van der Waals surface area contributed by atoms with E-state index in [0.717, 1.165) is 28.6 Å². The summed E-state index contributed by atoms with van der Waals surface area (Å²) in [6.07, 6.45) is 0. The Morgan fingerprint density at radius 3 is 2.76 bits per heavy atom. The van der Waals surface area contributed by atoms with Gasteiger partial charge in [0.2, 0.25) is 11.8 Å². The first-order valence-corrected chi connectivity index (χ1v) is 11.5. The first-order chi connectivity index (χ1) is 15.7. The molecule has 33 heavy (non-hydrogen) atoms. The molecule has 0 radical (unpaired) electrons. The lowest BCUT2D eigenvalue weighted by Crippen LogP contribution is -2.60. The highest BCUT2D eigenvalue weighted by molar-refractivity contribution is 8.00. The number of benzene rings is 2. The Kier molecular flexibility index (Phi) is 6.16. The molecule has 1 aliphatic heterocycles.